The standard InChI is InChI=1S/C24H22BrN3O3/c1-16-2-7-22(20(25)10-16)31-19-5-3-17(4-6-19)12-28-23(30)24(8-9-24)11-21(29)18-13-26-15-27-14-18/h2-7,10,13-15H,8-9,11-12H2,1H3,(H,28,30). The van der Waals surface area contributed by atoms with Crippen LogP contribution in [0.2, 0.25) is 0 Å². The summed E-state index contributed by atoms with van der Waals surface area (Å²) in [5, 5.41) is 2.97. The molecule has 1 aliphatic rings. The number of hydrogen-bond acceptors (Lipinski definition) is 5. The van der Waals surface area contributed by atoms with Gasteiger partial charge in [0.15, 0.2) is 5.78 Å². The molecule has 0 spiro atoms. The van der Waals surface area contributed by atoms with Crippen LogP contribution in [0.15, 0.2) is 65.7 Å². The number of carbonyl (C=O) groups excluding carboxylic acids is 2. The minimum Gasteiger partial charge on any atom is -0.456 e. The molecule has 4 rings (SSSR count). The molecule has 1 aromatic heterocycles. The van der Waals surface area contributed by atoms with Gasteiger partial charge in [0.2, 0.25) is 5.91 Å². The Morgan fingerprint density at radius 2 is 1.81 bits per heavy atom. The lowest BCUT2D eigenvalue weighted by Gasteiger charge is -2.15. The van der Waals surface area contributed by atoms with E-state index in [0.29, 0.717) is 17.9 Å². The van der Waals surface area contributed by atoms with Gasteiger partial charge in [-0.3, -0.25) is 9.59 Å². The van der Waals surface area contributed by atoms with Crippen LogP contribution in [0.4, 0.5) is 0 Å². The lowest BCUT2D eigenvalue weighted by molar-refractivity contribution is -0.126. The summed E-state index contributed by atoms with van der Waals surface area (Å²) in [6.45, 7) is 2.42. The van der Waals surface area contributed by atoms with Crippen LogP contribution in [0.25, 0.3) is 0 Å². The summed E-state index contributed by atoms with van der Waals surface area (Å²) >= 11 is 3.51. The third kappa shape index (κ3) is 5.17. The quantitative estimate of drug-likeness (QED) is 0.459. The van der Waals surface area contributed by atoms with E-state index in [1.54, 1.807) is 0 Å². The van der Waals surface area contributed by atoms with Crippen molar-refractivity contribution in [2.45, 2.75) is 32.7 Å². The van der Waals surface area contributed by atoms with E-state index < -0.39 is 5.41 Å². The Labute approximate surface area is 189 Å². The Bertz CT molecular complexity index is 1100. The number of nitrogens with one attached hydrogen (secondary N) is 1. The molecule has 2 aromatic carbocycles. The van der Waals surface area contributed by atoms with Gasteiger partial charge >= 0.3 is 0 Å². The largest absolute Gasteiger partial charge is 0.456 e. The topological polar surface area (TPSA) is 81.2 Å². The molecule has 158 valence electrons. The van der Waals surface area contributed by atoms with Crippen molar-refractivity contribution in [3.63, 3.8) is 0 Å². The third-order valence-electron chi connectivity index (χ3n) is 5.41. The number of carbonyl (C=O) groups is 2. The van der Waals surface area contributed by atoms with E-state index in [2.05, 4.69) is 31.2 Å². The maximum atomic E-state index is 12.7. The van der Waals surface area contributed by atoms with E-state index in [1.807, 2.05) is 49.4 Å². The van der Waals surface area contributed by atoms with Crippen molar-refractivity contribution in [1.29, 1.82) is 0 Å². The highest BCUT2D eigenvalue weighted by atomic mass is 79.9. The molecule has 1 N–H and O–H groups in total. The molecule has 1 aliphatic carbocycles. The Balaban J connectivity index is 1.31. The first-order valence-electron chi connectivity index (χ1n) is 10.0. The van der Waals surface area contributed by atoms with Gasteiger partial charge in [-0.2, -0.15) is 0 Å². The molecule has 1 amide bonds. The highest BCUT2D eigenvalue weighted by Crippen LogP contribution is 2.49. The van der Waals surface area contributed by atoms with Crippen molar-refractivity contribution in [3.8, 4) is 11.5 Å². The molecule has 3 aromatic rings. The number of rotatable bonds is 8. The highest BCUT2D eigenvalue weighted by molar-refractivity contribution is 9.10. The van der Waals surface area contributed by atoms with Crippen LogP contribution in [0.3, 0.4) is 0 Å². The fourth-order valence-electron chi connectivity index (χ4n) is 3.35. The van der Waals surface area contributed by atoms with E-state index in [-0.39, 0.29) is 18.1 Å². The second-order valence-electron chi connectivity index (χ2n) is 7.87. The average Bonchev–Trinajstić information content (AvgIpc) is 3.56. The smallest absolute Gasteiger partial charge is 0.226 e. The predicted octanol–water partition coefficient (Wildman–Crippen LogP) is 5.01. The number of amides is 1. The molecule has 0 aliphatic heterocycles. The van der Waals surface area contributed by atoms with Crippen LogP contribution in [-0.2, 0) is 11.3 Å². The van der Waals surface area contributed by atoms with Crippen molar-refractivity contribution in [2.24, 2.45) is 5.41 Å². The molecule has 0 saturated heterocycles. The first-order valence-corrected chi connectivity index (χ1v) is 10.8. The zero-order valence-electron chi connectivity index (χ0n) is 17.1. The van der Waals surface area contributed by atoms with Crippen LogP contribution in [0.1, 0.15) is 40.7 Å². The number of benzene rings is 2. The Morgan fingerprint density at radius 1 is 1.10 bits per heavy atom. The minimum atomic E-state index is -0.603. The summed E-state index contributed by atoms with van der Waals surface area (Å²) in [5.41, 5.74) is 1.95. The number of ketones is 1. The van der Waals surface area contributed by atoms with Gasteiger partial charge in [0, 0.05) is 25.4 Å². The van der Waals surface area contributed by atoms with Gasteiger partial charge in [-0.05, 0) is 71.1 Å². The van der Waals surface area contributed by atoms with Crippen LogP contribution >= 0.6 is 15.9 Å². The second-order valence-corrected chi connectivity index (χ2v) is 8.72. The van der Waals surface area contributed by atoms with E-state index in [1.165, 1.54) is 18.7 Å². The summed E-state index contributed by atoms with van der Waals surface area (Å²) in [6.07, 6.45) is 5.98. The fraction of sp³-hybridized carbons (Fsp3) is 0.250. The average molecular weight is 480 g/mol. The lowest BCUT2D eigenvalue weighted by atomic mass is 9.95. The van der Waals surface area contributed by atoms with Crippen molar-refractivity contribution >= 4 is 27.6 Å². The molecule has 6 nitrogen and oxygen atoms in total. The zero-order valence-corrected chi connectivity index (χ0v) is 18.7. The SMILES string of the molecule is Cc1ccc(Oc2ccc(CNC(=O)C3(CC(=O)c4cncnc4)CC3)cc2)c(Br)c1. The van der Waals surface area contributed by atoms with Gasteiger partial charge in [0.25, 0.3) is 0 Å². The number of ether oxygens (including phenoxy) is 1. The predicted molar refractivity (Wildman–Crippen MR) is 120 cm³/mol. The van der Waals surface area contributed by atoms with Crippen LogP contribution in [0.5, 0.6) is 11.5 Å². The van der Waals surface area contributed by atoms with Crippen molar-refractivity contribution < 1.29 is 14.3 Å². The third-order valence-corrected chi connectivity index (χ3v) is 6.03. The van der Waals surface area contributed by atoms with Gasteiger partial charge in [0.05, 0.1) is 15.5 Å². The van der Waals surface area contributed by atoms with E-state index in [4.69, 9.17) is 4.74 Å². The van der Waals surface area contributed by atoms with E-state index >= 15 is 0 Å². The summed E-state index contributed by atoms with van der Waals surface area (Å²) in [4.78, 5) is 32.9. The Hall–Kier alpha value is -3.06. The molecule has 0 bridgehead atoms. The molecular weight excluding hydrogens is 458 g/mol. The van der Waals surface area contributed by atoms with Gasteiger partial charge in [0.1, 0.15) is 17.8 Å². The number of Topliss-reactive ketones (excluding diaryl/α,β-unsaturated/α-hetero) is 1. The molecule has 1 saturated carbocycles. The second kappa shape index (κ2) is 8.98. The number of nitrogens with zero attached hydrogens (tertiary/aromatic N) is 2. The van der Waals surface area contributed by atoms with E-state index in [9.17, 15) is 9.59 Å². The molecule has 0 unspecified atom stereocenters. The van der Waals surface area contributed by atoms with Crippen molar-refractivity contribution in [1.82, 2.24) is 15.3 Å². The van der Waals surface area contributed by atoms with Crippen LogP contribution < -0.4 is 10.1 Å². The van der Waals surface area contributed by atoms with Crippen LogP contribution in [-0.4, -0.2) is 21.7 Å². The number of aromatic nitrogens is 2. The van der Waals surface area contributed by atoms with Gasteiger partial charge in [-0.15, -0.1) is 0 Å². The number of halogens is 1. The summed E-state index contributed by atoms with van der Waals surface area (Å²) in [7, 11) is 0. The molecule has 31 heavy (non-hydrogen) atoms. The first kappa shape index (κ1) is 21.2. The van der Waals surface area contributed by atoms with Crippen LogP contribution in [0, 0.1) is 12.3 Å². The van der Waals surface area contributed by atoms with Gasteiger partial charge in [-0.1, -0.05) is 18.2 Å². The van der Waals surface area contributed by atoms with Crippen molar-refractivity contribution in [3.05, 3.63) is 82.3 Å². The maximum Gasteiger partial charge on any atom is 0.226 e. The Morgan fingerprint density at radius 3 is 2.45 bits per heavy atom. The lowest BCUT2D eigenvalue weighted by Crippen LogP contribution is -2.33. The summed E-state index contributed by atoms with van der Waals surface area (Å²) in [5.74, 6) is 1.28. The molecule has 7 heteroatoms. The molecular formula is C24H22BrN3O3. The first-order chi connectivity index (χ1) is 14.9. The number of aryl methyl sites for hydroxylation is 1. The number of hydrogen-bond donors (Lipinski definition) is 1. The molecule has 0 atom stereocenters. The van der Waals surface area contributed by atoms with Crippen molar-refractivity contribution in [2.75, 3.05) is 0 Å². The normalized spacial score (nSPS) is 14.0. The Kier molecular flexibility index (Phi) is 6.13. The molecule has 1 fully saturated rings. The molecule has 0 radical (unpaired) electrons. The maximum absolute atomic E-state index is 12.7. The molecule has 1 heterocycles. The summed E-state index contributed by atoms with van der Waals surface area (Å²) in [6, 6.07) is 13.5. The minimum absolute atomic E-state index is 0.0818. The highest BCUT2D eigenvalue weighted by Gasteiger charge is 2.50. The fourth-order valence-corrected chi connectivity index (χ4v) is 3.92. The zero-order chi connectivity index (χ0) is 21.8. The monoisotopic (exact) mass is 479 g/mol. The van der Waals surface area contributed by atoms with Gasteiger partial charge < -0.3 is 10.1 Å². The summed E-state index contributed by atoms with van der Waals surface area (Å²) < 4.78 is 6.81. The van der Waals surface area contributed by atoms with E-state index in [0.717, 1.165) is 34.2 Å². The van der Waals surface area contributed by atoms with Gasteiger partial charge in [-0.25, -0.2) is 9.97 Å².